The van der Waals surface area contributed by atoms with E-state index in [1.54, 1.807) is 19.4 Å². The predicted octanol–water partition coefficient (Wildman–Crippen LogP) is 3.66. The van der Waals surface area contributed by atoms with Crippen LogP contribution >= 0.6 is 23.2 Å². The second-order valence-electron chi connectivity index (χ2n) is 4.21. The highest BCUT2D eigenvalue weighted by atomic mass is 35.5. The fourth-order valence-electron chi connectivity index (χ4n) is 1.73. The van der Waals surface area contributed by atoms with Crippen molar-refractivity contribution >= 4 is 28.9 Å². The van der Waals surface area contributed by atoms with Gasteiger partial charge in [-0.15, -0.1) is 0 Å². The van der Waals surface area contributed by atoms with Crippen LogP contribution in [0.15, 0.2) is 18.3 Å². The minimum absolute atomic E-state index is 0.556. The van der Waals surface area contributed by atoms with Crippen molar-refractivity contribution in [2.75, 3.05) is 12.4 Å². The lowest BCUT2D eigenvalue weighted by Crippen LogP contribution is -2.07. The van der Waals surface area contributed by atoms with Crippen LogP contribution in [0.4, 0.5) is 5.69 Å². The Bertz CT molecular complexity index is 596. The Hall–Kier alpha value is -1.39. The summed E-state index contributed by atoms with van der Waals surface area (Å²) in [5.41, 5.74) is 1.87. The van der Waals surface area contributed by atoms with Crippen molar-refractivity contribution in [3.05, 3.63) is 39.9 Å². The Kier molecular flexibility index (Phi) is 4.22. The average Bonchev–Trinajstić information content (AvgIpc) is 2.71. The average molecular weight is 300 g/mol. The summed E-state index contributed by atoms with van der Waals surface area (Å²) in [6, 6.07) is 3.75. The number of aromatic nitrogens is 2. The normalized spacial score (nSPS) is 10.6. The molecule has 1 aromatic carbocycles. The lowest BCUT2D eigenvalue weighted by atomic mass is 10.2. The zero-order valence-corrected chi connectivity index (χ0v) is 12.5. The van der Waals surface area contributed by atoms with E-state index in [2.05, 4.69) is 10.3 Å². The van der Waals surface area contributed by atoms with Crippen molar-refractivity contribution in [3.63, 3.8) is 0 Å². The van der Waals surface area contributed by atoms with Crippen LogP contribution in [0.25, 0.3) is 0 Å². The first-order chi connectivity index (χ1) is 9.02. The Morgan fingerprint density at radius 1 is 1.37 bits per heavy atom. The van der Waals surface area contributed by atoms with Gasteiger partial charge in [0.25, 0.3) is 0 Å². The van der Waals surface area contributed by atoms with Crippen LogP contribution in [0.2, 0.25) is 10.2 Å². The Balaban J connectivity index is 2.19. The van der Waals surface area contributed by atoms with Crippen molar-refractivity contribution in [2.45, 2.75) is 13.5 Å². The van der Waals surface area contributed by atoms with Gasteiger partial charge in [-0.1, -0.05) is 23.2 Å². The van der Waals surface area contributed by atoms with Gasteiger partial charge in [0.2, 0.25) is 0 Å². The number of benzene rings is 1. The molecule has 1 N–H and O–H groups in total. The van der Waals surface area contributed by atoms with Gasteiger partial charge in [0.05, 0.1) is 25.5 Å². The summed E-state index contributed by atoms with van der Waals surface area (Å²) in [5.74, 6) is 1.55. The van der Waals surface area contributed by atoms with Crippen LogP contribution < -0.4 is 10.1 Å². The minimum atomic E-state index is 0.556. The topological polar surface area (TPSA) is 39.1 Å². The lowest BCUT2D eigenvalue weighted by molar-refractivity contribution is 0.416. The molecule has 2 aromatic rings. The molecule has 0 radical (unpaired) electrons. The first-order valence-electron chi connectivity index (χ1n) is 5.77. The maximum atomic E-state index is 6.07. The van der Waals surface area contributed by atoms with E-state index in [-0.39, 0.29) is 0 Å². The molecule has 19 heavy (non-hydrogen) atoms. The maximum absolute atomic E-state index is 6.07. The summed E-state index contributed by atoms with van der Waals surface area (Å²) in [5, 5.41) is 4.57. The number of hydrogen-bond acceptors (Lipinski definition) is 3. The number of rotatable bonds is 4. The number of aryl methyl sites for hydroxylation is 1. The minimum Gasteiger partial charge on any atom is -0.495 e. The van der Waals surface area contributed by atoms with E-state index < -0.39 is 0 Å². The smallest absolute Gasteiger partial charge is 0.143 e. The number of imidazole rings is 1. The maximum Gasteiger partial charge on any atom is 0.143 e. The molecule has 4 nitrogen and oxygen atoms in total. The van der Waals surface area contributed by atoms with E-state index >= 15 is 0 Å². The van der Waals surface area contributed by atoms with Crippen LogP contribution in [0, 0.1) is 6.92 Å². The van der Waals surface area contributed by atoms with Crippen molar-refractivity contribution in [1.29, 1.82) is 0 Å². The van der Waals surface area contributed by atoms with Gasteiger partial charge in [-0.05, 0) is 18.6 Å². The number of ether oxygens (including phenoxy) is 1. The SMILES string of the molecule is COc1cc(Cl)c(C)cc1NCc1ncc(Cl)n1C. The van der Waals surface area contributed by atoms with E-state index in [1.807, 2.05) is 24.6 Å². The highest BCUT2D eigenvalue weighted by molar-refractivity contribution is 6.31. The number of nitrogens with one attached hydrogen (secondary N) is 1. The van der Waals surface area contributed by atoms with E-state index in [0.717, 1.165) is 17.1 Å². The molecule has 102 valence electrons. The van der Waals surface area contributed by atoms with Crippen molar-refractivity contribution < 1.29 is 4.74 Å². The van der Waals surface area contributed by atoms with Crippen molar-refractivity contribution in [2.24, 2.45) is 7.05 Å². The number of nitrogens with zero attached hydrogens (tertiary/aromatic N) is 2. The summed E-state index contributed by atoms with van der Waals surface area (Å²) in [7, 11) is 3.49. The molecule has 1 aromatic heterocycles. The van der Waals surface area contributed by atoms with Crippen LogP contribution in [-0.2, 0) is 13.6 Å². The summed E-state index contributed by atoms with van der Waals surface area (Å²) in [6.07, 6.45) is 1.63. The first kappa shape index (κ1) is 14.0. The van der Waals surface area contributed by atoms with E-state index in [1.165, 1.54) is 0 Å². The molecular formula is C13H15Cl2N3O. The highest BCUT2D eigenvalue weighted by Crippen LogP contribution is 2.31. The Morgan fingerprint density at radius 3 is 2.68 bits per heavy atom. The van der Waals surface area contributed by atoms with Gasteiger partial charge in [0, 0.05) is 18.1 Å². The van der Waals surface area contributed by atoms with Gasteiger partial charge in [-0.3, -0.25) is 0 Å². The molecule has 0 saturated carbocycles. The van der Waals surface area contributed by atoms with Gasteiger partial charge in [-0.25, -0.2) is 4.98 Å². The molecule has 2 rings (SSSR count). The van der Waals surface area contributed by atoms with E-state index in [9.17, 15) is 0 Å². The zero-order chi connectivity index (χ0) is 14.0. The molecule has 0 saturated heterocycles. The van der Waals surface area contributed by atoms with Gasteiger partial charge in [0.1, 0.15) is 16.7 Å². The lowest BCUT2D eigenvalue weighted by Gasteiger charge is -2.13. The summed E-state index contributed by atoms with van der Waals surface area (Å²) in [6.45, 7) is 2.51. The van der Waals surface area contributed by atoms with E-state index in [4.69, 9.17) is 27.9 Å². The third-order valence-corrected chi connectivity index (χ3v) is 3.70. The predicted molar refractivity (Wildman–Crippen MR) is 78.3 cm³/mol. The molecule has 0 fully saturated rings. The molecule has 1 heterocycles. The fraction of sp³-hybridized carbons (Fsp3) is 0.308. The summed E-state index contributed by atoms with van der Waals surface area (Å²) in [4.78, 5) is 4.23. The Labute approximate surface area is 122 Å². The van der Waals surface area contributed by atoms with Gasteiger partial charge < -0.3 is 14.6 Å². The number of anilines is 1. The zero-order valence-electron chi connectivity index (χ0n) is 11.0. The third-order valence-electron chi connectivity index (χ3n) is 2.95. The summed E-state index contributed by atoms with van der Waals surface area (Å²) >= 11 is 12.0. The molecule has 0 aliphatic heterocycles. The monoisotopic (exact) mass is 299 g/mol. The Morgan fingerprint density at radius 2 is 2.11 bits per heavy atom. The van der Waals surface area contributed by atoms with Gasteiger partial charge >= 0.3 is 0 Å². The first-order valence-corrected chi connectivity index (χ1v) is 6.52. The highest BCUT2D eigenvalue weighted by Gasteiger charge is 2.09. The van der Waals surface area contributed by atoms with Crippen molar-refractivity contribution in [1.82, 2.24) is 9.55 Å². The summed E-state index contributed by atoms with van der Waals surface area (Å²) < 4.78 is 7.13. The molecule has 0 spiro atoms. The van der Waals surface area contributed by atoms with Gasteiger partial charge in [-0.2, -0.15) is 0 Å². The van der Waals surface area contributed by atoms with Crippen LogP contribution in [0.5, 0.6) is 5.75 Å². The second-order valence-corrected chi connectivity index (χ2v) is 5.01. The number of hydrogen-bond donors (Lipinski definition) is 1. The standard InChI is InChI=1S/C13H15Cl2N3O/c1-8-4-10(11(19-3)5-9(8)14)16-7-13-17-6-12(15)18(13)2/h4-6,16H,7H2,1-3H3. The molecule has 0 unspecified atom stereocenters. The molecular weight excluding hydrogens is 285 g/mol. The van der Waals surface area contributed by atoms with Crippen LogP contribution in [0.1, 0.15) is 11.4 Å². The molecule has 0 aliphatic rings. The molecule has 0 bridgehead atoms. The van der Waals surface area contributed by atoms with Crippen LogP contribution in [-0.4, -0.2) is 16.7 Å². The van der Waals surface area contributed by atoms with Crippen LogP contribution in [0.3, 0.4) is 0 Å². The third kappa shape index (κ3) is 2.96. The van der Waals surface area contributed by atoms with Gasteiger partial charge in [0.15, 0.2) is 0 Å². The second kappa shape index (κ2) is 5.72. The fourth-order valence-corrected chi connectivity index (χ4v) is 2.03. The van der Waals surface area contributed by atoms with Crippen molar-refractivity contribution in [3.8, 4) is 5.75 Å². The molecule has 0 amide bonds. The largest absolute Gasteiger partial charge is 0.495 e. The number of methoxy groups -OCH3 is 1. The number of halogens is 2. The quantitative estimate of drug-likeness (QED) is 0.936. The molecule has 0 aliphatic carbocycles. The molecule has 0 atom stereocenters. The molecule has 6 heteroatoms. The van der Waals surface area contributed by atoms with E-state index in [0.29, 0.717) is 22.5 Å².